The van der Waals surface area contributed by atoms with Gasteiger partial charge in [0.05, 0.1) is 13.0 Å². The Morgan fingerprint density at radius 2 is 1.75 bits per heavy atom. The maximum Gasteiger partial charge on any atom is 0.390 e. The zero-order valence-corrected chi connectivity index (χ0v) is 12.1. The van der Waals surface area contributed by atoms with Crippen molar-refractivity contribution < 1.29 is 18.0 Å². The molecule has 0 aliphatic carbocycles. The van der Waals surface area contributed by atoms with E-state index in [1.807, 2.05) is 6.92 Å². The topological polar surface area (TPSA) is 65.5 Å². The highest BCUT2D eigenvalue weighted by molar-refractivity contribution is 5.80. The lowest BCUT2D eigenvalue weighted by Crippen LogP contribution is -2.42. The Kier molecular flexibility index (Phi) is 8.74. The lowest BCUT2D eigenvalue weighted by Gasteiger charge is -2.13. The molecule has 0 saturated heterocycles. The molecule has 118 valence electrons. The maximum atomic E-state index is 12.0. The Morgan fingerprint density at radius 3 is 2.25 bits per heavy atom. The largest absolute Gasteiger partial charge is 0.390 e. The van der Waals surface area contributed by atoms with E-state index in [-0.39, 0.29) is 18.4 Å². The summed E-state index contributed by atoms with van der Waals surface area (Å²) in [6, 6.07) is 0. The number of carbonyl (C=O) groups is 1. The maximum absolute atomic E-state index is 12.0. The average Bonchev–Trinajstić information content (AvgIpc) is 2.32. The van der Waals surface area contributed by atoms with Crippen LogP contribution >= 0.6 is 0 Å². The van der Waals surface area contributed by atoms with Crippen molar-refractivity contribution >= 4 is 11.9 Å². The van der Waals surface area contributed by atoms with Crippen LogP contribution in [0.1, 0.15) is 27.2 Å². The van der Waals surface area contributed by atoms with Gasteiger partial charge in [0.15, 0.2) is 5.96 Å². The van der Waals surface area contributed by atoms with Crippen LogP contribution < -0.4 is 16.0 Å². The van der Waals surface area contributed by atoms with Crippen LogP contribution in [0, 0.1) is 5.92 Å². The van der Waals surface area contributed by atoms with Gasteiger partial charge in [-0.15, -0.1) is 0 Å². The van der Waals surface area contributed by atoms with E-state index in [4.69, 9.17) is 0 Å². The van der Waals surface area contributed by atoms with Gasteiger partial charge in [0, 0.05) is 25.6 Å². The highest BCUT2D eigenvalue weighted by Gasteiger charge is 2.26. The fraction of sp³-hybridized carbons (Fsp3) is 0.833. The molecule has 0 spiro atoms. The Bertz CT molecular complexity index is 316. The molecule has 0 aliphatic heterocycles. The molecule has 1 amide bonds. The summed E-state index contributed by atoms with van der Waals surface area (Å²) >= 11 is 0. The molecule has 20 heavy (non-hydrogen) atoms. The van der Waals surface area contributed by atoms with Crippen molar-refractivity contribution in [2.75, 3.05) is 26.2 Å². The molecule has 3 N–H and O–H groups in total. The van der Waals surface area contributed by atoms with Crippen molar-refractivity contribution in [3.8, 4) is 0 Å². The van der Waals surface area contributed by atoms with E-state index in [9.17, 15) is 18.0 Å². The van der Waals surface area contributed by atoms with Crippen molar-refractivity contribution in [1.29, 1.82) is 0 Å². The fourth-order valence-electron chi connectivity index (χ4n) is 1.21. The van der Waals surface area contributed by atoms with Crippen LogP contribution in [0.4, 0.5) is 13.2 Å². The number of halogens is 3. The van der Waals surface area contributed by atoms with E-state index in [0.717, 1.165) is 0 Å². The predicted molar refractivity (Wildman–Crippen MR) is 72.5 cm³/mol. The number of hydrogen-bond acceptors (Lipinski definition) is 2. The second-order valence-electron chi connectivity index (χ2n) is 4.50. The van der Waals surface area contributed by atoms with Crippen molar-refractivity contribution in [3.63, 3.8) is 0 Å². The number of nitrogens with zero attached hydrogens (tertiary/aromatic N) is 1. The Morgan fingerprint density at radius 1 is 1.15 bits per heavy atom. The number of rotatable bonds is 7. The van der Waals surface area contributed by atoms with Gasteiger partial charge in [-0.1, -0.05) is 13.8 Å². The molecule has 0 aromatic carbocycles. The molecule has 0 rings (SSSR count). The van der Waals surface area contributed by atoms with Gasteiger partial charge in [-0.25, -0.2) is 0 Å². The van der Waals surface area contributed by atoms with Crippen molar-refractivity contribution in [3.05, 3.63) is 0 Å². The highest BCUT2D eigenvalue weighted by Crippen LogP contribution is 2.18. The fourth-order valence-corrected chi connectivity index (χ4v) is 1.21. The molecule has 0 unspecified atom stereocenters. The molecular formula is C12H23F3N4O. The van der Waals surface area contributed by atoms with Gasteiger partial charge in [-0.3, -0.25) is 9.79 Å². The quantitative estimate of drug-likeness (QED) is 0.376. The average molecular weight is 296 g/mol. The van der Waals surface area contributed by atoms with Gasteiger partial charge in [-0.05, 0) is 6.92 Å². The van der Waals surface area contributed by atoms with E-state index in [2.05, 4.69) is 20.9 Å². The molecule has 0 aliphatic rings. The third-order valence-electron chi connectivity index (χ3n) is 2.25. The van der Waals surface area contributed by atoms with Gasteiger partial charge < -0.3 is 16.0 Å². The van der Waals surface area contributed by atoms with E-state index >= 15 is 0 Å². The van der Waals surface area contributed by atoms with Crippen LogP contribution in [0.25, 0.3) is 0 Å². The van der Waals surface area contributed by atoms with Crippen molar-refractivity contribution in [2.24, 2.45) is 10.9 Å². The number of nitrogens with one attached hydrogen (secondary N) is 3. The SMILES string of the molecule is CCNC(=NCCC(F)(F)F)NCCNC(=O)C(C)C. The molecule has 0 bridgehead atoms. The first kappa shape index (κ1) is 18.5. The number of hydrogen-bond donors (Lipinski definition) is 3. The van der Waals surface area contributed by atoms with Gasteiger partial charge in [0.2, 0.25) is 5.91 Å². The van der Waals surface area contributed by atoms with Gasteiger partial charge in [0.25, 0.3) is 0 Å². The van der Waals surface area contributed by atoms with Gasteiger partial charge in [0.1, 0.15) is 0 Å². The number of guanidine groups is 1. The Labute approximate surface area is 117 Å². The minimum absolute atomic E-state index is 0.0641. The molecule has 0 saturated carbocycles. The highest BCUT2D eigenvalue weighted by atomic mass is 19.4. The standard InChI is InChI=1S/C12H23F3N4O/c1-4-16-11(18-6-5-12(13,14)15)19-8-7-17-10(20)9(2)3/h9H,4-8H2,1-3H3,(H,17,20)(H2,16,18,19). The summed E-state index contributed by atoms with van der Waals surface area (Å²) in [6.07, 6.45) is -5.15. The van der Waals surface area contributed by atoms with Crippen LogP contribution in [-0.2, 0) is 4.79 Å². The number of alkyl halides is 3. The summed E-state index contributed by atoms with van der Waals surface area (Å²) < 4.78 is 36.0. The molecule has 0 aromatic rings. The monoisotopic (exact) mass is 296 g/mol. The molecule has 5 nitrogen and oxygen atoms in total. The summed E-state index contributed by atoms with van der Waals surface area (Å²) in [5.74, 6) is 0.157. The van der Waals surface area contributed by atoms with E-state index in [1.54, 1.807) is 13.8 Å². The first-order valence-electron chi connectivity index (χ1n) is 6.63. The minimum atomic E-state index is -4.20. The second-order valence-corrected chi connectivity index (χ2v) is 4.50. The van der Waals surface area contributed by atoms with Crippen LogP contribution in [0.15, 0.2) is 4.99 Å². The third kappa shape index (κ3) is 10.5. The summed E-state index contributed by atoms with van der Waals surface area (Å²) in [6.45, 7) is 6.41. The second kappa shape index (κ2) is 9.44. The van der Waals surface area contributed by atoms with Crippen molar-refractivity contribution in [2.45, 2.75) is 33.4 Å². The first-order chi connectivity index (χ1) is 9.26. The molecule has 0 heterocycles. The number of carbonyl (C=O) groups excluding carboxylic acids is 1. The third-order valence-corrected chi connectivity index (χ3v) is 2.25. The molecular weight excluding hydrogens is 273 g/mol. The van der Waals surface area contributed by atoms with E-state index in [0.29, 0.717) is 25.6 Å². The van der Waals surface area contributed by atoms with Gasteiger partial charge in [-0.2, -0.15) is 13.2 Å². The summed E-state index contributed by atoms with van der Waals surface area (Å²) in [5.41, 5.74) is 0. The zero-order valence-electron chi connectivity index (χ0n) is 12.1. The smallest absolute Gasteiger partial charge is 0.357 e. The predicted octanol–water partition coefficient (Wildman–Crippen LogP) is 1.27. The van der Waals surface area contributed by atoms with Crippen LogP contribution in [0.2, 0.25) is 0 Å². The summed E-state index contributed by atoms with van der Waals surface area (Å²) in [7, 11) is 0. The molecule has 0 atom stereocenters. The lowest BCUT2D eigenvalue weighted by molar-refractivity contribution is -0.132. The molecule has 0 fully saturated rings. The zero-order chi connectivity index (χ0) is 15.6. The summed E-state index contributed by atoms with van der Waals surface area (Å²) in [5, 5.41) is 8.39. The van der Waals surface area contributed by atoms with E-state index < -0.39 is 12.6 Å². The lowest BCUT2D eigenvalue weighted by atomic mass is 10.2. The van der Waals surface area contributed by atoms with Crippen LogP contribution in [-0.4, -0.2) is 44.2 Å². The Hall–Kier alpha value is -1.47. The molecule has 8 heteroatoms. The van der Waals surface area contributed by atoms with E-state index in [1.165, 1.54) is 0 Å². The normalized spacial score (nSPS) is 12.4. The molecule has 0 radical (unpaired) electrons. The molecule has 0 aromatic heterocycles. The van der Waals surface area contributed by atoms with Gasteiger partial charge >= 0.3 is 6.18 Å². The van der Waals surface area contributed by atoms with Crippen LogP contribution in [0.5, 0.6) is 0 Å². The minimum Gasteiger partial charge on any atom is -0.357 e. The summed E-state index contributed by atoms with van der Waals surface area (Å²) in [4.78, 5) is 15.1. The number of amides is 1. The first-order valence-corrected chi connectivity index (χ1v) is 6.63. The Balaban J connectivity index is 4.02. The number of aliphatic imine (C=N–C) groups is 1. The van der Waals surface area contributed by atoms with Crippen molar-refractivity contribution in [1.82, 2.24) is 16.0 Å². The van der Waals surface area contributed by atoms with Crippen LogP contribution in [0.3, 0.4) is 0 Å².